The first kappa shape index (κ1) is 18.9. The van der Waals surface area contributed by atoms with Crippen LogP contribution in [-0.4, -0.2) is 66.2 Å². The van der Waals surface area contributed by atoms with Crippen LogP contribution in [-0.2, 0) is 11.3 Å². The molecule has 2 heterocycles. The average Bonchev–Trinajstić information content (AvgIpc) is 3.18. The normalized spacial score (nSPS) is 15.8. The molecule has 0 radical (unpaired) electrons. The summed E-state index contributed by atoms with van der Waals surface area (Å²) in [5, 5.41) is 0. The number of rotatable bonds is 7. The van der Waals surface area contributed by atoms with Gasteiger partial charge >= 0.3 is 0 Å². The van der Waals surface area contributed by atoms with Gasteiger partial charge in [-0.15, -0.1) is 0 Å². The molecule has 0 unspecified atom stereocenters. The van der Waals surface area contributed by atoms with Crippen molar-refractivity contribution in [3.8, 4) is 22.5 Å². The number of piperazine rings is 1. The maximum absolute atomic E-state index is 5.20. The highest BCUT2D eigenvalue weighted by Gasteiger charge is 2.19. The summed E-state index contributed by atoms with van der Waals surface area (Å²) in [5.74, 6) is 1.03. The lowest BCUT2D eigenvalue weighted by Gasteiger charge is -2.34. The molecule has 5 heteroatoms. The summed E-state index contributed by atoms with van der Waals surface area (Å²) in [6.45, 7) is 6.96. The third kappa shape index (κ3) is 4.50. The Kier molecular flexibility index (Phi) is 6.17. The number of nitrogens with one attached hydrogen (secondary N) is 1. The molecule has 1 aliphatic heterocycles. The highest BCUT2D eigenvalue weighted by Crippen LogP contribution is 2.30. The second-order valence-corrected chi connectivity index (χ2v) is 7.25. The first-order valence-electron chi connectivity index (χ1n) is 9.97. The van der Waals surface area contributed by atoms with Gasteiger partial charge in [-0.25, -0.2) is 4.98 Å². The summed E-state index contributed by atoms with van der Waals surface area (Å²) in [7, 11) is 1.77. The van der Waals surface area contributed by atoms with Crippen LogP contribution in [0.25, 0.3) is 22.5 Å². The summed E-state index contributed by atoms with van der Waals surface area (Å²) >= 11 is 0. The lowest BCUT2D eigenvalue weighted by atomic mass is 10.1. The van der Waals surface area contributed by atoms with E-state index in [9.17, 15) is 0 Å². The lowest BCUT2D eigenvalue weighted by Crippen LogP contribution is -2.46. The first-order valence-corrected chi connectivity index (χ1v) is 9.97. The van der Waals surface area contributed by atoms with Gasteiger partial charge in [0.25, 0.3) is 0 Å². The van der Waals surface area contributed by atoms with Crippen molar-refractivity contribution in [3.63, 3.8) is 0 Å². The zero-order chi connectivity index (χ0) is 19.2. The summed E-state index contributed by atoms with van der Waals surface area (Å²) in [4.78, 5) is 13.5. The number of ether oxygens (including phenoxy) is 1. The second-order valence-electron chi connectivity index (χ2n) is 7.25. The van der Waals surface area contributed by atoms with Gasteiger partial charge in [-0.2, -0.15) is 0 Å². The van der Waals surface area contributed by atoms with Gasteiger partial charge in [0.15, 0.2) is 0 Å². The Bertz CT molecular complexity index is 798. The van der Waals surface area contributed by atoms with Crippen LogP contribution in [0.1, 0.15) is 5.82 Å². The van der Waals surface area contributed by atoms with E-state index in [1.807, 2.05) is 12.1 Å². The molecule has 4 rings (SSSR count). The molecule has 28 heavy (non-hydrogen) atoms. The summed E-state index contributed by atoms with van der Waals surface area (Å²) in [6, 6.07) is 20.9. The van der Waals surface area contributed by atoms with Gasteiger partial charge in [-0.1, -0.05) is 60.7 Å². The van der Waals surface area contributed by atoms with E-state index >= 15 is 0 Å². The van der Waals surface area contributed by atoms with Crippen molar-refractivity contribution in [1.82, 2.24) is 19.8 Å². The monoisotopic (exact) mass is 376 g/mol. The number of aromatic amines is 1. The summed E-state index contributed by atoms with van der Waals surface area (Å²) in [5.41, 5.74) is 4.44. The molecule has 146 valence electrons. The molecule has 1 aliphatic rings. The van der Waals surface area contributed by atoms with Crippen LogP contribution in [0.15, 0.2) is 60.7 Å². The van der Waals surface area contributed by atoms with Crippen molar-refractivity contribution < 1.29 is 4.74 Å². The molecule has 1 N–H and O–H groups in total. The third-order valence-corrected chi connectivity index (χ3v) is 5.31. The Labute approximate surface area is 167 Å². The van der Waals surface area contributed by atoms with E-state index < -0.39 is 0 Å². The highest BCUT2D eigenvalue weighted by atomic mass is 16.5. The quantitative estimate of drug-likeness (QED) is 0.685. The molecular weight excluding hydrogens is 348 g/mol. The Morgan fingerprint density at radius 2 is 1.46 bits per heavy atom. The van der Waals surface area contributed by atoms with E-state index in [4.69, 9.17) is 9.72 Å². The molecular formula is C23H28N4O. The smallest absolute Gasteiger partial charge is 0.121 e. The molecule has 1 fully saturated rings. The molecule has 2 aromatic carbocycles. The number of imidazole rings is 1. The Hall–Kier alpha value is -2.47. The number of benzene rings is 2. The van der Waals surface area contributed by atoms with Crippen molar-refractivity contribution in [2.75, 3.05) is 46.4 Å². The van der Waals surface area contributed by atoms with E-state index in [1.54, 1.807) is 7.11 Å². The summed E-state index contributed by atoms with van der Waals surface area (Å²) in [6.07, 6.45) is 0. The predicted molar refractivity (Wildman–Crippen MR) is 113 cm³/mol. The fraction of sp³-hybridized carbons (Fsp3) is 0.348. The molecule has 3 aromatic rings. The zero-order valence-electron chi connectivity index (χ0n) is 16.5. The average molecular weight is 377 g/mol. The lowest BCUT2D eigenvalue weighted by molar-refractivity contribution is 0.0927. The van der Waals surface area contributed by atoms with Gasteiger partial charge in [0.1, 0.15) is 5.82 Å². The van der Waals surface area contributed by atoms with Crippen molar-refractivity contribution in [2.45, 2.75) is 6.54 Å². The molecule has 0 bridgehead atoms. The molecule has 1 aromatic heterocycles. The maximum atomic E-state index is 5.20. The minimum Gasteiger partial charge on any atom is -0.383 e. The molecule has 0 amide bonds. The standard InChI is InChI=1S/C23H28N4O/c1-28-17-16-26-12-14-27(15-13-26)18-21-24-22(19-8-4-2-5-9-19)23(25-21)20-10-6-3-7-11-20/h2-11H,12-18H2,1H3,(H,24,25). The van der Waals surface area contributed by atoms with Crippen molar-refractivity contribution in [2.24, 2.45) is 0 Å². The fourth-order valence-electron chi connectivity index (χ4n) is 3.72. The largest absolute Gasteiger partial charge is 0.383 e. The topological polar surface area (TPSA) is 44.4 Å². The minimum absolute atomic E-state index is 0.805. The fourth-order valence-corrected chi connectivity index (χ4v) is 3.72. The van der Waals surface area contributed by atoms with Gasteiger partial charge in [0.05, 0.1) is 24.5 Å². The summed E-state index contributed by atoms with van der Waals surface area (Å²) < 4.78 is 5.20. The predicted octanol–water partition coefficient (Wildman–Crippen LogP) is 3.51. The van der Waals surface area contributed by atoms with Crippen LogP contribution in [0.4, 0.5) is 0 Å². The Morgan fingerprint density at radius 3 is 2.11 bits per heavy atom. The molecule has 5 nitrogen and oxygen atoms in total. The number of methoxy groups -OCH3 is 1. The van der Waals surface area contributed by atoms with E-state index in [0.717, 1.165) is 68.7 Å². The third-order valence-electron chi connectivity index (χ3n) is 5.31. The molecule has 0 saturated carbocycles. The number of aromatic nitrogens is 2. The minimum atomic E-state index is 0.805. The van der Waals surface area contributed by atoms with Crippen molar-refractivity contribution >= 4 is 0 Å². The van der Waals surface area contributed by atoms with Crippen LogP contribution in [0.3, 0.4) is 0 Å². The van der Waals surface area contributed by atoms with Crippen LogP contribution >= 0.6 is 0 Å². The first-order chi connectivity index (χ1) is 13.8. The number of hydrogen-bond acceptors (Lipinski definition) is 4. The zero-order valence-corrected chi connectivity index (χ0v) is 16.5. The molecule has 1 saturated heterocycles. The Morgan fingerprint density at radius 1 is 0.857 bits per heavy atom. The van der Waals surface area contributed by atoms with Gasteiger partial charge in [0, 0.05) is 51.0 Å². The van der Waals surface area contributed by atoms with Crippen LogP contribution in [0.5, 0.6) is 0 Å². The van der Waals surface area contributed by atoms with Crippen molar-refractivity contribution in [1.29, 1.82) is 0 Å². The van der Waals surface area contributed by atoms with E-state index in [1.165, 1.54) is 5.56 Å². The molecule has 0 atom stereocenters. The highest BCUT2D eigenvalue weighted by molar-refractivity contribution is 5.78. The SMILES string of the molecule is COCCN1CCN(Cc2nc(-c3ccccc3)c(-c3ccccc3)[nH]2)CC1. The van der Waals surface area contributed by atoms with Crippen LogP contribution in [0, 0.1) is 0 Å². The van der Waals surface area contributed by atoms with Gasteiger partial charge in [-0.05, 0) is 0 Å². The molecule has 0 spiro atoms. The number of nitrogens with zero attached hydrogens (tertiary/aromatic N) is 3. The van der Waals surface area contributed by atoms with Crippen molar-refractivity contribution in [3.05, 3.63) is 66.5 Å². The van der Waals surface area contributed by atoms with Gasteiger partial charge < -0.3 is 9.72 Å². The van der Waals surface area contributed by atoms with E-state index in [-0.39, 0.29) is 0 Å². The van der Waals surface area contributed by atoms with Gasteiger partial charge in [0.2, 0.25) is 0 Å². The maximum Gasteiger partial charge on any atom is 0.121 e. The number of H-pyrrole nitrogens is 1. The van der Waals surface area contributed by atoms with Gasteiger partial charge in [-0.3, -0.25) is 9.80 Å². The number of hydrogen-bond donors (Lipinski definition) is 1. The van der Waals surface area contributed by atoms with Crippen LogP contribution < -0.4 is 0 Å². The van der Waals surface area contributed by atoms with E-state index in [2.05, 4.69) is 63.3 Å². The van der Waals surface area contributed by atoms with Crippen LogP contribution in [0.2, 0.25) is 0 Å². The van der Waals surface area contributed by atoms with E-state index in [0.29, 0.717) is 0 Å². The second kappa shape index (κ2) is 9.15. The Balaban J connectivity index is 1.52. The molecule has 0 aliphatic carbocycles.